The first kappa shape index (κ1) is 12.8. The molecule has 96 valence electrons. The van der Waals surface area contributed by atoms with Crippen LogP contribution in [0.15, 0.2) is 22.1 Å². The van der Waals surface area contributed by atoms with Gasteiger partial charge in [-0.25, -0.2) is 4.98 Å². The van der Waals surface area contributed by atoms with Crippen LogP contribution in [0.25, 0.3) is 0 Å². The van der Waals surface area contributed by atoms with E-state index < -0.39 is 6.10 Å². The molecule has 0 aliphatic heterocycles. The van der Waals surface area contributed by atoms with Crippen LogP contribution in [0, 0.1) is 0 Å². The minimum atomic E-state index is -0.632. The summed E-state index contributed by atoms with van der Waals surface area (Å²) in [6, 6.07) is 1.64. The molecule has 0 saturated heterocycles. The highest BCUT2D eigenvalue weighted by atomic mass is 32.1. The Bertz CT molecular complexity index is 545. The normalized spacial score (nSPS) is 12.4. The summed E-state index contributed by atoms with van der Waals surface area (Å²) in [7, 11) is 0. The average molecular weight is 266 g/mol. The molecule has 0 bridgehead atoms. The molecule has 2 rings (SSSR count). The molecule has 0 radical (unpaired) electrons. The summed E-state index contributed by atoms with van der Waals surface area (Å²) in [6.45, 7) is 3.55. The third kappa shape index (κ3) is 2.60. The van der Waals surface area contributed by atoms with Gasteiger partial charge in [-0.15, -0.1) is 11.3 Å². The van der Waals surface area contributed by atoms with E-state index in [1.807, 2.05) is 6.92 Å². The van der Waals surface area contributed by atoms with Gasteiger partial charge in [0.1, 0.15) is 5.76 Å². The summed E-state index contributed by atoms with van der Waals surface area (Å²) in [5.74, 6) is 0.409. The molecule has 0 aliphatic rings. The third-order valence-corrected chi connectivity index (χ3v) is 3.26. The van der Waals surface area contributed by atoms with Gasteiger partial charge in [0.25, 0.3) is 5.91 Å². The number of carbonyl (C=O) groups is 1. The van der Waals surface area contributed by atoms with E-state index >= 15 is 0 Å². The molecule has 2 N–H and O–H groups in total. The molecule has 1 amide bonds. The Balaban J connectivity index is 2.11. The van der Waals surface area contributed by atoms with Crippen molar-refractivity contribution in [1.82, 2.24) is 4.98 Å². The van der Waals surface area contributed by atoms with Gasteiger partial charge in [-0.1, -0.05) is 6.92 Å². The van der Waals surface area contributed by atoms with Crippen LogP contribution in [0.5, 0.6) is 0 Å². The van der Waals surface area contributed by atoms with E-state index in [2.05, 4.69) is 10.3 Å². The Labute approximate surface area is 108 Å². The summed E-state index contributed by atoms with van der Waals surface area (Å²) in [6.07, 6.45) is 1.52. The maximum Gasteiger partial charge on any atom is 0.260 e. The number of hydrogen-bond donors (Lipinski definition) is 2. The van der Waals surface area contributed by atoms with Crippen LogP contribution in [0.2, 0.25) is 0 Å². The van der Waals surface area contributed by atoms with Gasteiger partial charge < -0.3 is 9.52 Å². The molecular weight excluding hydrogens is 252 g/mol. The second-order valence-corrected chi connectivity index (χ2v) is 4.68. The standard InChI is InChI=1S/C12H14N2O3S/c1-3-10-8(4-5-17-10)11(16)14-12-13-9(6-18-12)7(2)15/h4-7,15H,3H2,1-2H3,(H,13,14,16). The van der Waals surface area contributed by atoms with Gasteiger partial charge in [-0.05, 0) is 13.0 Å². The Morgan fingerprint density at radius 3 is 3.06 bits per heavy atom. The van der Waals surface area contributed by atoms with Crippen molar-refractivity contribution >= 4 is 22.4 Å². The molecule has 2 aromatic heterocycles. The number of amides is 1. The number of hydrogen-bond acceptors (Lipinski definition) is 5. The van der Waals surface area contributed by atoms with Crippen LogP contribution >= 0.6 is 11.3 Å². The topological polar surface area (TPSA) is 75.4 Å². The fourth-order valence-electron chi connectivity index (χ4n) is 1.52. The van der Waals surface area contributed by atoms with E-state index in [1.165, 1.54) is 17.6 Å². The fourth-order valence-corrected chi connectivity index (χ4v) is 2.31. The monoisotopic (exact) mass is 266 g/mol. The summed E-state index contributed by atoms with van der Waals surface area (Å²) >= 11 is 1.28. The van der Waals surface area contributed by atoms with Gasteiger partial charge in [0.2, 0.25) is 0 Å². The molecule has 5 nitrogen and oxygen atoms in total. The number of nitrogens with zero attached hydrogens (tertiary/aromatic N) is 1. The smallest absolute Gasteiger partial charge is 0.260 e. The van der Waals surface area contributed by atoms with Crippen molar-refractivity contribution in [3.63, 3.8) is 0 Å². The van der Waals surface area contributed by atoms with Crippen LogP contribution in [-0.2, 0) is 6.42 Å². The molecule has 0 fully saturated rings. The minimum Gasteiger partial charge on any atom is -0.469 e. The van der Waals surface area contributed by atoms with Gasteiger partial charge in [0, 0.05) is 11.8 Å². The Kier molecular flexibility index (Phi) is 3.78. The van der Waals surface area contributed by atoms with Crippen LogP contribution in [0.1, 0.15) is 41.8 Å². The largest absolute Gasteiger partial charge is 0.469 e. The highest BCUT2D eigenvalue weighted by molar-refractivity contribution is 7.14. The molecular formula is C12H14N2O3S. The molecule has 6 heteroatoms. The lowest BCUT2D eigenvalue weighted by molar-refractivity contribution is 0.102. The number of aryl methyl sites for hydroxylation is 1. The van der Waals surface area contributed by atoms with Crippen molar-refractivity contribution in [2.45, 2.75) is 26.4 Å². The van der Waals surface area contributed by atoms with Crippen molar-refractivity contribution in [1.29, 1.82) is 0 Å². The van der Waals surface area contributed by atoms with Gasteiger partial charge in [0.15, 0.2) is 5.13 Å². The van der Waals surface area contributed by atoms with Crippen molar-refractivity contribution in [3.8, 4) is 0 Å². The van der Waals surface area contributed by atoms with Crippen LogP contribution < -0.4 is 5.32 Å². The first-order valence-corrected chi connectivity index (χ1v) is 6.51. The number of aliphatic hydroxyl groups is 1. The maximum atomic E-state index is 12.0. The van der Waals surface area contributed by atoms with Gasteiger partial charge >= 0.3 is 0 Å². The third-order valence-electron chi connectivity index (χ3n) is 2.48. The zero-order chi connectivity index (χ0) is 13.1. The van der Waals surface area contributed by atoms with Crippen molar-refractivity contribution in [3.05, 3.63) is 34.7 Å². The molecule has 2 heterocycles. The SMILES string of the molecule is CCc1occc1C(=O)Nc1nc(C(C)O)cs1. The lowest BCUT2D eigenvalue weighted by Gasteiger charge is -2.01. The minimum absolute atomic E-state index is 0.243. The maximum absolute atomic E-state index is 12.0. The summed E-state index contributed by atoms with van der Waals surface area (Å²) in [5.41, 5.74) is 1.07. The van der Waals surface area contributed by atoms with E-state index in [9.17, 15) is 9.90 Å². The van der Waals surface area contributed by atoms with Crippen LogP contribution in [-0.4, -0.2) is 16.0 Å². The van der Waals surface area contributed by atoms with Crippen LogP contribution in [0.3, 0.4) is 0 Å². The summed E-state index contributed by atoms with van der Waals surface area (Å²) in [5, 5.41) is 14.2. The van der Waals surface area contributed by atoms with E-state index in [0.717, 1.165) is 0 Å². The second-order valence-electron chi connectivity index (χ2n) is 3.82. The van der Waals surface area contributed by atoms with Crippen molar-refractivity contribution in [2.75, 3.05) is 5.32 Å². The number of anilines is 1. The first-order valence-electron chi connectivity index (χ1n) is 5.63. The van der Waals surface area contributed by atoms with Crippen molar-refractivity contribution < 1.29 is 14.3 Å². The average Bonchev–Trinajstić information content (AvgIpc) is 2.96. The summed E-state index contributed by atoms with van der Waals surface area (Å²) in [4.78, 5) is 16.1. The predicted molar refractivity (Wildman–Crippen MR) is 68.8 cm³/mol. The molecule has 1 atom stereocenters. The van der Waals surface area contributed by atoms with E-state index in [0.29, 0.717) is 28.6 Å². The summed E-state index contributed by atoms with van der Waals surface area (Å²) < 4.78 is 5.20. The van der Waals surface area contributed by atoms with Gasteiger partial charge in [-0.2, -0.15) is 0 Å². The Morgan fingerprint density at radius 1 is 1.67 bits per heavy atom. The molecule has 0 saturated carbocycles. The van der Waals surface area contributed by atoms with E-state index in [4.69, 9.17) is 4.42 Å². The zero-order valence-electron chi connectivity index (χ0n) is 10.1. The fraction of sp³-hybridized carbons (Fsp3) is 0.333. The number of rotatable bonds is 4. The lowest BCUT2D eigenvalue weighted by Crippen LogP contribution is -2.12. The highest BCUT2D eigenvalue weighted by Crippen LogP contribution is 2.21. The quantitative estimate of drug-likeness (QED) is 0.892. The van der Waals surface area contributed by atoms with E-state index in [-0.39, 0.29) is 5.91 Å². The lowest BCUT2D eigenvalue weighted by atomic mass is 10.2. The number of thiazole rings is 1. The number of aliphatic hydroxyl groups excluding tert-OH is 1. The molecule has 0 spiro atoms. The molecule has 0 aromatic carbocycles. The predicted octanol–water partition coefficient (Wildman–Crippen LogP) is 2.60. The van der Waals surface area contributed by atoms with Gasteiger partial charge in [-0.3, -0.25) is 10.1 Å². The Morgan fingerprint density at radius 2 is 2.44 bits per heavy atom. The number of carbonyl (C=O) groups excluding carboxylic acids is 1. The van der Waals surface area contributed by atoms with E-state index in [1.54, 1.807) is 18.4 Å². The van der Waals surface area contributed by atoms with Crippen molar-refractivity contribution in [2.24, 2.45) is 0 Å². The van der Waals surface area contributed by atoms with Gasteiger partial charge in [0.05, 0.1) is 23.6 Å². The molecule has 1 unspecified atom stereocenters. The zero-order valence-corrected chi connectivity index (χ0v) is 11.0. The number of furan rings is 1. The number of nitrogens with one attached hydrogen (secondary N) is 1. The molecule has 2 aromatic rings. The highest BCUT2D eigenvalue weighted by Gasteiger charge is 2.15. The second kappa shape index (κ2) is 5.32. The molecule has 18 heavy (non-hydrogen) atoms. The molecule has 0 aliphatic carbocycles. The number of aromatic nitrogens is 1. The van der Waals surface area contributed by atoms with Crippen LogP contribution in [0.4, 0.5) is 5.13 Å². The Hall–Kier alpha value is -1.66. The first-order chi connectivity index (χ1) is 8.61.